The molecule has 2 heterocycles. The van der Waals surface area contributed by atoms with Crippen LogP contribution in [0.4, 0.5) is 5.69 Å². The second kappa shape index (κ2) is 7.41. The minimum absolute atomic E-state index is 0.203. The molecular formula is C23H17ClN2O2. The number of benzene rings is 2. The highest BCUT2D eigenvalue weighted by molar-refractivity contribution is 6.42. The Morgan fingerprint density at radius 3 is 2.57 bits per heavy atom. The molecule has 0 aliphatic carbocycles. The molecule has 4 rings (SSSR count). The summed E-state index contributed by atoms with van der Waals surface area (Å²) in [5.41, 5.74) is 3.03. The van der Waals surface area contributed by atoms with E-state index in [-0.39, 0.29) is 17.7 Å². The minimum atomic E-state index is -0.281. The summed E-state index contributed by atoms with van der Waals surface area (Å²) in [6, 6.07) is 18.3. The fourth-order valence-electron chi connectivity index (χ4n) is 3.45. The molecule has 1 atom stereocenters. The lowest BCUT2D eigenvalue weighted by atomic mass is 10.0. The zero-order valence-electron chi connectivity index (χ0n) is 15.2. The van der Waals surface area contributed by atoms with Gasteiger partial charge in [-0.05, 0) is 42.8 Å². The van der Waals surface area contributed by atoms with Crippen molar-refractivity contribution in [2.75, 3.05) is 4.90 Å². The Labute approximate surface area is 168 Å². The Morgan fingerprint density at radius 1 is 1.07 bits per heavy atom. The molecule has 138 valence electrons. The molecule has 0 fully saturated rings. The number of aromatic nitrogens is 1. The lowest BCUT2D eigenvalue weighted by molar-refractivity contribution is -0.113. The lowest BCUT2D eigenvalue weighted by Gasteiger charge is -2.25. The van der Waals surface area contributed by atoms with Crippen molar-refractivity contribution in [3.8, 4) is 0 Å². The van der Waals surface area contributed by atoms with Gasteiger partial charge in [-0.2, -0.15) is 0 Å². The zero-order valence-corrected chi connectivity index (χ0v) is 15.9. The Hall–Kier alpha value is -3.24. The molecule has 2 aromatic carbocycles. The van der Waals surface area contributed by atoms with Crippen LogP contribution < -0.4 is 4.90 Å². The number of ketones is 1. The van der Waals surface area contributed by atoms with Gasteiger partial charge in [0.1, 0.15) is 0 Å². The molecule has 1 aromatic heterocycles. The summed E-state index contributed by atoms with van der Waals surface area (Å²) >= 11 is 6.43. The van der Waals surface area contributed by atoms with Gasteiger partial charge >= 0.3 is 0 Å². The number of pyridine rings is 1. The Balaban J connectivity index is 1.81. The highest BCUT2D eigenvalue weighted by Gasteiger charge is 2.37. The van der Waals surface area contributed by atoms with E-state index >= 15 is 0 Å². The maximum atomic E-state index is 13.3. The number of nitrogens with zero attached hydrogens (tertiary/aromatic N) is 2. The second-order valence-electron chi connectivity index (χ2n) is 6.56. The minimum Gasteiger partial charge on any atom is -0.300 e. The van der Waals surface area contributed by atoms with Gasteiger partial charge in [0, 0.05) is 23.5 Å². The van der Waals surface area contributed by atoms with Gasteiger partial charge in [0.15, 0.2) is 5.78 Å². The Kier molecular flexibility index (Phi) is 4.80. The van der Waals surface area contributed by atoms with Gasteiger partial charge in [-0.3, -0.25) is 14.6 Å². The van der Waals surface area contributed by atoms with Crippen molar-refractivity contribution in [3.63, 3.8) is 0 Å². The summed E-state index contributed by atoms with van der Waals surface area (Å²) in [6.07, 6.45) is 4.44. The van der Waals surface area contributed by atoms with E-state index in [9.17, 15) is 9.59 Å². The molecule has 0 radical (unpaired) electrons. The van der Waals surface area contributed by atoms with Crippen LogP contribution in [-0.4, -0.2) is 16.7 Å². The van der Waals surface area contributed by atoms with Crippen molar-refractivity contribution in [2.45, 2.75) is 13.0 Å². The van der Waals surface area contributed by atoms with Crippen LogP contribution in [0, 0.1) is 0 Å². The molecule has 1 amide bonds. The van der Waals surface area contributed by atoms with E-state index in [2.05, 4.69) is 4.98 Å². The number of allylic oxidation sites excluding steroid dienone is 1. The van der Waals surface area contributed by atoms with Gasteiger partial charge in [-0.15, -0.1) is 0 Å². The summed E-state index contributed by atoms with van der Waals surface area (Å²) in [5.74, 6) is -0.520. The van der Waals surface area contributed by atoms with Gasteiger partial charge in [-0.1, -0.05) is 48.0 Å². The fourth-order valence-corrected chi connectivity index (χ4v) is 3.72. The number of rotatable bonds is 4. The van der Waals surface area contributed by atoms with Crippen molar-refractivity contribution in [2.24, 2.45) is 0 Å². The van der Waals surface area contributed by atoms with Gasteiger partial charge in [0.2, 0.25) is 0 Å². The van der Waals surface area contributed by atoms with Crippen molar-refractivity contribution in [1.82, 2.24) is 4.98 Å². The Morgan fingerprint density at radius 2 is 1.86 bits per heavy atom. The van der Waals surface area contributed by atoms with Crippen LogP contribution in [0.25, 0.3) is 5.57 Å². The molecule has 0 spiro atoms. The standard InChI is InChI=1S/C23H17ClN2O2/c1-15(16-7-3-2-4-8-16)26-20-11-5-10-19(24)22(20)18(23(26)28)13-21(27)17-9-6-12-25-14-17/h2-15H,1H3/b18-13+. The zero-order chi connectivity index (χ0) is 19.7. The normalized spacial score (nSPS) is 15.6. The van der Waals surface area contributed by atoms with Crippen LogP contribution in [-0.2, 0) is 4.79 Å². The molecule has 28 heavy (non-hydrogen) atoms. The molecule has 0 bridgehead atoms. The Bertz CT molecular complexity index is 1080. The molecule has 0 saturated heterocycles. The van der Waals surface area contributed by atoms with Crippen molar-refractivity contribution in [3.05, 3.63) is 101 Å². The topological polar surface area (TPSA) is 50.3 Å². The van der Waals surface area contributed by atoms with Crippen LogP contribution in [0.3, 0.4) is 0 Å². The van der Waals surface area contributed by atoms with E-state index in [0.717, 1.165) is 5.56 Å². The molecule has 0 N–H and O–H groups in total. The molecule has 1 aliphatic heterocycles. The third-order valence-corrected chi connectivity index (χ3v) is 5.18. The maximum Gasteiger partial charge on any atom is 0.259 e. The van der Waals surface area contributed by atoms with E-state index < -0.39 is 0 Å². The van der Waals surface area contributed by atoms with E-state index in [4.69, 9.17) is 11.6 Å². The average Bonchev–Trinajstić information content (AvgIpc) is 3.01. The van der Waals surface area contributed by atoms with Crippen LogP contribution in [0.1, 0.15) is 34.5 Å². The first-order chi connectivity index (χ1) is 13.6. The van der Waals surface area contributed by atoms with Gasteiger partial charge in [0.25, 0.3) is 5.91 Å². The van der Waals surface area contributed by atoms with Gasteiger partial charge < -0.3 is 4.90 Å². The molecule has 1 aliphatic rings. The molecule has 4 nitrogen and oxygen atoms in total. The van der Waals surface area contributed by atoms with Crippen molar-refractivity contribution < 1.29 is 9.59 Å². The highest BCUT2D eigenvalue weighted by atomic mass is 35.5. The molecular weight excluding hydrogens is 372 g/mol. The third kappa shape index (κ3) is 3.12. The van der Waals surface area contributed by atoms with E-state index in [0.29, 0.717) is 27.4 Å². The number of carbonyl (C=O) groups excluding carboxylic acids is 2. The van der Waals surface area contributed by atoms with E-state index in [1.165, 1.54) is 12.3 Å². The quantitative estimate of drug-likeness (QED) is 0.461. The van der Waals surface area contributed by atoms with Crippen LogP contribution >= 0.6 is 11.6 Å². The summed E-state index contributed by atoms with van der Waals surface area (Å²) in [5, 5.41) is 0.443. The van der Waals surface area contributed by atoms with Crippen molar-refractivity contribution in [1.29, 1.82) is 0 Å². The van der Waals surface area contributed by atoms with Crippen LogP contribution in [0.5, 0.6) is 0 Å². The number of carbonyl (C=O) groups is 2. The first kappa shape index (κ1) is 18.1. The monoisotopic (exact) mass is 388 g/mol. The number of halogens is 1. The van der Waals surface area contributed by atoms with Gasteiger partial charge in [-0.25, -0.2) is 0 Å². The number of fused-ring (bicyclic) bond motifs is 1. The summed E-state index contributed by atoms with van der Waals surface area (Å²) in [4.78, 5) is 31.7. The summed E-state index contributed by atoms with van der Waals surface area (Å²) in [6.45, 7) is 1.96. The molecule has 5 heteroatoms. The average molecular weight is 389 g/mol. The molecule has 3 aromatic rings. The molecule has 0 saturated carbocycles. The number of hydrogen-bond donors (Lipinski definition) is 0. The van der Waals surface area contributed by atoms with Crippen LogP contribution in [0.2, 0.25) is 5.02 Å². The SMILES string of the molecule is CC(c1ccccc1)N1C(=O)/C(=C/C(=O)c2cccnc2)c2c(Cl)cccc21. The van der Waals surface area contributed by atoms with Gasteiger partial charge in [0.05, 0.1) is 22.3 Å². The fraction of sp³-hybridized carbons (Fsp3) is 0.0870. The molecule has 1 unspecified atom stereocenters. The number of amides is 1. The summed E-state index contributed by atoms with van der Waals surface area (Å²) in [7, 11) is 0. The van der Waals surface area contributed by atoms with E-state index in [1.807, 2.05) is 49.4 Å². The predicted octanol–water partition coefficient (Wildman–Crippen LogP) is 5.11. The predicted molar refractivity (Wildman–Crippen MR) is 110 cm³/mol. The van der Waals surface area contributed by atoms with E-state index in [1.54, 1.807) is 29.3 Å². The van der Waals surface area contributed by atoms with Crippen LogP contribution in [0.15, 0.2) is 79.1 Å². The number of anilines is 1. The number of hydrogen-bond acceptors (Lipinski definition) is 3. The largest absolute Gasteiger partial charge is 0.300 e. The third-order valence-electron chi connectivity index (χ3n) is 4.86. The first-order valence-electron chi connectivity index (χ1n) is 8.91. The second-order valence-corrected chi connectivity index (χ2v) is 6.97. The smallest absolute Gasteiger partial charge is 0.259 e. The lowest BCUT2D eigenvalue weighted by Crippen LogP contribution is -2.29. The first-order valence-corrected chi connectivity index (χ1v) is 9.29. The summed E-state index contributed by atoms with van der Waals surface area (Å²) < 4.78 is 0. The maximum absolute atomic E-state index is 13.3. The van der Waals surface area contributed by atoms with Crippen molar-refractivity contribution >= 4 is 34.6 Å². The highest BCUT2D eigenvalue weighted by Crippen LogP contribution is 2.44.